The van der Waals surface area contributed by atoms with Crippen LogP contribution in [0.2, 0.25) is 0 Å². The van der Waals surface area contributed by atoms with Gasteiger partial charge in [-0.25, -0.2) is 0 Å². The van der Waals surface area contributed by atoms with Crippen molar-refractivity contribution in [1.82, 2.24) is 0 Å². The first kappa shape index (κ1) is 16.4. The van der Waals surface area contributed by atoms with Crippen LogP contribution in [0.4, 0.5) is 0 Å². The molecule has 26 heavy (non-hydrogen) atoms. The zero-order valence-electron chi connectivity index (χ0n) is 14.6. The van der Waals surface area contributed by atoms with Crippen molar-refractivity contribution in [2.24, 2.45) is 0 Å². The van der Waals surface area contributed by atoms with E-state index >= 15 is 0 Å². The molecule has 2 heterocycles. The molecule has 5 rings (SSSR count). The maximum absolute atomic E-state index is 2.55. The number of benzene rings is 3. The van der Waals surface area contributed by atoms with Crippen LogP contribution in [0.3, 0.4) is 0 Å². The van der Waals surface area contributed by atoms with Gasteiger partial charge < -0.3 is 0 Å². The third-order valence-corrected chi connectivity index (χ3v) is 11.8. The van der Waals surface area contributed by atoms with Gasteiger partial charge in [-0.3, -0.25) is 0 Å². The van der Waals surface area contributed by atoms with Gasteiger partial charge in [0.05, 0.1) is 0 Å². The van der Waals surface area contributed by atoms with E-state index in [2.05, 4.69) is 103 Å². The van der Waals surface area contributed by atoms with Gasteiger partial charge >= 0.3 is 0 Å². The van der Waals surface area contributed by atoms with Crippen molar-refractivity contribution in [1.29, 1.82) is 0 Å². The Hall–Kier alpha value is -1.74. The van der Waals surface area contributed by atoms with Crippen LogP contribution in [0.25, 0.3) is 0 Å². The summed E-state index contributed by atoms with van der Waals surface area (Å²) in [6.45, 7) is 0. The van der Waals surface area contributed by atoms with Crippen LogP contribution in [-0.2, 0) is 0 Å². The summed E-state index contributed by atoms with van der Waals surface area (Å²) in [6, 6.07) is 33.8. The molecule has 0 saturated carbocycles. The van der Waals surface area contributed by atoms with E-state index in [1.807, 2.05) is 0 Å². The SMILES string of the molecule is C1=C[C@H]2CC(P(c3ccccc3)c3ccccc3)[C@@H]1P2c1ccccc1. The van der Waals surface area contributed by atoms with E-state index in [-0.39, 0.29) is 15.8 Å². The van der Waals surface area contributed by atoms with E-state index in [9.17, 15) is 0 Å². The Morgan fingerprint density at radius 3 is 1.77 bits per heavy atom. The number of allylic oxidation sites excluding steroid dienone is 2. The Morgan fingerprint density at radius 1 is 0.654 bits per heavy atom. The van der Waals surface area contributed by atoms with Gasteiger partial charge in [-0.2, -0.15) is 0 Å². The molecule has 4 atom stereocenters. The maximum atomic E-state index is 2.55. The van der Waals surface area contributed by atoms with Gasteiger partial charge in [0.25, 0.3) is 0 Å². The Bertz CT molecular complexity index is 850. The molecule has 0 N–H and O–H groups in total. The number of fused-ring (bicyclic) bond motifs is 2. The van der Waals surface area contributed by atoms with Crippen LogP contribution in [-0.4, -0.2) is 17.0 Å². The second-order valence-electron chi connectivity index (χ2n) is 7.03. The quantitative estimate of drug-likeness (QED) is 0.446. The molecule has 0 spiro atoms. The summed E-state index contributed by atoms with van der Waals surface area (Å²) in [6.07, 6.45) is 6.42. The second kappa shape index (κ2) is 7.11. The van der Waals surface area contributed by atoms with Gasteiger partial charge in [-0.1, -0.05) is 111 Å². The molecule has 2 unspecified atom stereocenters. The monoisotopic (exact) mass is 372 g/mol. The fraction of sp³-hybridized carbons (Fsp3) is 0.167. The van der Waals surface area contributed by atoms with Gasteiger partial charge in [0.2, 0.25) is 0 Å². The van der Waals surface area contributed by atoms with E-state index in [1.165, 1.54) is 17.0 Å². The van der Waals surface area contributed by atoms with Gasteiger partial charge in [-0.15, -0.1) is 0 Å². The van der Waals surface area contributed by atoms with Gasteiger partial charge in [0.15, 0.2) is 0 Å². The lowest BCUT2D eigenvalue weighted by molar-refractivity contribution is 0.816. The standard InChI is InChI=1S/C24H22P2/c1-4-10-19(11-5-1)25(20-12-6-2-7-13-20)24-18-22-16-17-23(24)26(22)21-14-8-3-9-15-21/h1-17,22-24H,18H2/t22-,23+,24?,26?/m0/s1. The summed E-state index contributed by atoms with van der Waals surface area (Å²) in [7, 11) is -0.418. The summed E-state index contributed by atoms with van der Waals surface area (Å²) in [5.74, 6) is 0. The highest BCUT2D eigenvalue weighted by atomic mass is 31.1. The summed E-state index contributed by atoms with van der Waals surface area (Å²) in [5, 5.41) is 4.64. The van der Waals surface area contributed by atoms with E-state index in [4.69, 9.17) is 0 Å². The fourth-order valence-corrected chi connectivity index (χ4v) is 11.6. The molecule has 0 nitrogen and oxygen atoms in total. The van der Waals surface area contributed by atoms with E-state index < -0.39 is 0 Å². The predicted octanol–water partition coefficient (Wildman–Crippen LogP) is 5.01. The van der Waals surface area contributed by atoms with Crippen molar-refractivity contribution in [2.45, 2.75) is 23.4 Å². The molecule has 0 aliphatic carbocycles. The van der Waals surface area contributed by atoms with Crippen LogP contribution in [0.1, 0.15) is 6.42 Å². The number of hydrogen-bond donors (Lipinski definition) is 0. The van der Waals surface area contributed by atoms with Gasteiger partial charge in [-0.05, 0) is 35.9 Å². The van der Waals surface area contributed by atoms with Gasteiger partial charge in [0, 0.05) is 11.3 Å². The average Bonchev–Trinajstić information content (AvgIpc) is 3.29. The summed E-state index contributed by atoms with van der Waals surface area (Å²) in [4.78, 5) is 0. The lowest BCUT2D eigenvalue weighted by Gasteiger charge is -2.30. The van der Waals surface area contributed by atoms with Crippen molar-refractivity contribution in [3.8, 4) is 0 Å². The molecule has 128 valence electrons. The first-order chi connectivity index (χ1) is 12.9. The Labute approximate surface area is 158 Å². The third kappa shape index (κ3) is 2.87. The van der Waals surface area contributed by atoms with Crippen LogP contribution >= 0.6 is 15.8 Å². The van der Waals surface area contributed by atoms with E-state index in [0.29, 0.717) is 0 Å². The normalized spacial score (nSPS) is 26.5. The van der Waals surface area contributed by atoms with Crippen LogP contribution < -0.4 is 15.9 Å². The minimum atomic E-state index is -0.319. The highest BCUT2D eigenvalue weighted by molar-refractivity contribution is 7.76. The number of hydrogen-bond acceptors (Lipinski definition) is 0. The fourth-order valence-electron chi connectivity index (χ4n) is 4.47. The molecule has 3 aromatic carbocycles. The first-order valence-electron chi connectivity index (χ1n) is 9.33. The molecule has 3 aromatic rings. The predicted molar refractivity (Wildman–Crippen MR) is 117 cm³/mol. The van der Waals surface area contributed by atoms with Crippen molar-refractivity contribution in [2.75, 3.05) is 0 Å². The molecular weight excluding hydrogens is 350 g/mol. The minimum Gasteiger partial charge on any atom is -0.0801 e. The Kier molecular flexibility index (Phi) is 4.49. The molecule has 2 aliphatic rings. The van der Waals surface area contributed by atoms with Gasteiger partial charge in [0.1, 0.15) is 0 Å². The molecule has 0 radical (unpaired) electrons. The van der Waals surface area contributed by atoms with Crippen LogP contribution in [0.15, 0.2) is 103 Å². The van der Waals surface area contributed by atoms with Crippen molar-refractivity contribution in [3.63, 3.8) is 0 Å². The largest absolute Gasteiger partial charge is 0.0801 e. The van der Waals surface area contributed by atoms with Crippen molar-refractivity contribution < 1.29 is 0 Å². The molecule has 1 fully saturated rings. The zero-order valence-corrected chi connectivity index (χ0v) is 16.4. The smallest absolute Gasteiger partial charge is 0.00900 e. The first-order valence-corrected chi connectivity index (χ1v) is 12.2. The molecule has 0 amide bonds. The topological polar surface area (TPSA) is 0 Å². The van der Waals surface area contributed by atoms with Crippen LogP contribution in [0.5, 0.6) is 0 Å². The molecule has 2 aliphatic heterocycles. The van der Waals surface area contributed by atoms with Crippen molar-refractivity contribution in [3.05, 3.63) is 103 Å². The molecular formula is C24H22P2. The summed E-state index contributed by atoms with van der Waals surface area (Å²) < 4.78 is 0. The summed E-state index contributed by atoms with van der Waals surface area (Å²) >= 11 is 0. The van der Waals surface area contributed by atoms with E-state index in [0.717, 1.165) is 17.0 Å². The molecule has 2 heteroatoms. The zero-order chi connectivity index (χ0) is 17.3. The Balaban J connectivity index is 1.55. The third-order valence-electron chi connectivity index (χ3n) is 5.54. The highest BCUT2D eigenvalue weighted by Crippen LogP contribution is 2.66. The average molecular weight is 372 g/mol. The lowest BCUT2D eigenvalue weighted by Crippen LogP contribution is -2.27. The second-order valence-corrected chi connectivity index (χ2v) is 12.1. The van der Waals surface area contributed by atoms with Crippen molar-refractivity contribution >= 4 is 31.8 Å². The molecule has 2 bridgehead atoms. The van der Waals surface area contributed by atoms with E-state index in [1.54, 1.807) is 5.30 Å². The van der Waals surface area contributed by atoms with Crippen LogP contribution in [0, 0.1) is 0 Å². The minimum absolute atomic E-state index is 0.0989. The lowest BCUT2D eigenvalue weighted by atomic mass is 10.1. The molecule has 1 saturated heterocycles. The number of rotatable bonds is 4. The Morgan fingerprint density at radius 2 is 1.19 bits per heavy atom. The highest BCUT2D eigenvalue weighted by Gasteiger charge is 2.48. The maximum Gasteiger partial charge on any atom is 0.00900 e. The summed E-state index contributed by atoms with van der Waals surface area (Å²) in [5.41, 5.74) is 2.25. The molecule has 0 aromatic heterocycles.